The first-order valence-electron chi connectivity index (χ1n) is 9.77. The van der Waals surface area contributed by atoms with Gasteiger partial charge in [0, 0.05) is 5.69 Å². The number of fused-ring (bicyclic) bond motifs is 1. The van der Waals surface area contributed by atoms with Crippen LogP contribution in [0.3, 0.4) is 0 Å². The average molecular weight is 439 g/mol. The molecule has 2 aliphatic rings. The first-order valence-corrected chi connectivity index (χ1v) is 9.77. The van der Waals surface area contributed by atoms with Crippen LogP contribution in [0.5, 0.6) is 0 Å². The fourth-order valence-corrected chi connectivity index (χ4v) is 3.45. The van der Waals surface area contributed by atoms with Gasteiger partial charge < -0.3 is 10.1 Å². The maximum Gasteiger partial charge on any atom is 0.338 e. The van der Waals surface area contributed by atoms with E-state index in [1.165, 1.54) is 24.3 Å². The first-order chi connectivity index (χ1) is 15.4. The summed E-state index contributed by atoms with van der Waals surface area (Å²) in [4.78, 5) is 50.6. The summed E-state index contributed by atoms with van der Waals surface area (Å²) in [6.45, 7) is 1.64. The van der Waals surface area contributed by atoms with Crippen molar-refractivity contribution in [1.29, 1.82) is 0 Å². The molecule has 164 valence electrons. The van der Waals surface area contributed by atoms with Gasteiger partial charge in [-0.25, -0.2) is 14.1 Å². The topological polar surface area (TPSA) is 121 Å². The molecule has 2 aliphatic heterocycles. The van der Waals surface area contributed by atoms with E-state index < -0.39 is 41.6 Å². The van der Waals surface area contributed by atoms with Gasteiger partial charge in [-0.15, -0.1) is 0 Å². The van der Waals surface area contributed by atoms with Crippen LogP contribution < -0.4 is 10.2 Å². The van der Waals surface area contributed by atoms with Crippen LogP contribution >= 0.6 is 0 Å². The van der Waals surface area contributed by atoms with Gasteiger partial charge in [-0.05, 0) is 55.5 Å². The fourth-order valence-electron chi connectivity index (χ4n) is 3.45. The smallest absolute Gasteiger partial charge is 0.338 e. The number of esters is 1. The van der Waals surface area contributed by atoms with Gasteiger partial charge >= 0.3 is 5.97 Å². The normalized spacial score (nSPS) is 19.3. The molecule has 0 aromatic heterocycles. The molecule has 0 saturated carbocycles. The zero-order valence-corrected chi connectivity index (χ0v) is 16.9. The van der Waals surface area contributed by atoms with Gasteiger partial charge in [-0.1, -0.05) is 5.22 Å². The molecule has 3 amide bonds. The lowest BCUT2D eigenvalue weighted by molar-refractivity contribution is -0.123. The number of halogens is 1. The van der Waals surface area contributed by atoms with Gasteiger partial charge in [0.2, 0.25) is 5.91 Å². The fraction of sp³-hybridized carbons (Fsp3) is 0.238. The summed E-state index contributed by atoms with van der Waals surface area (Å²) in [6, 6.07) is 8.92. The highest BCUT2D eigenvalue weighted by atomic mass is 19.1. The van der Waals surface area contributed by atoms with Crippen molar-refractivity contribution in [2.75, 3.05) is 23.4 Å². The second-order valence-corrected chi connectivity index (χ2v) is 7.03. The minimum absolute atomic E-state index is 0.220. The summed E-state index contributed by atoms with van der Waals surface area (Å²) < 4.78 is 18.1. The minimum atomic E-state index is -1.07. The highest BCUT2D eigenvalue weighted by Gasteiger charge is 2.55. The second-order valence-electron chi connectivity index (χ2n) is 7.03. The molecule has 11 heteroatoms. The van der Waals surface area contributed by atoms with Crippen molar-refractivity contribution in [3.8, 4) is 0 Å². The minimum Gasteiger partial charge on any atom is -0.462 e. The number of imide groups is 1. The molecule has 0 bridgehead atoms. The molecule has 2 aromatic rings. The number of nitrogens with one attached hydrogen (secondary N) is 1. The molecule has 1 fully saturated rings. The van der Waals surface area contributed by atoms with E-state index in [1.54, 1.807) is 19.1 Å². The van der Waals surface area contributed by atoms with Crippen LogP contribution in [-0.2, 0) is 19.1 Å². The molecule has 4 rings (SSSR count). The van der Waals surface area contributed by atoms with Crippen LogP contribution in [0.15, 0.2) is 58.9 Å². The van der Waals surface area contributed by atoms with Crippen LogP contribution in [0, 0.1) is 5.82 Å². The van der Waals surface area contributed by atoms with E-state index in [0.29, 0.717) is 11.3 Å². The maximum absolute atomic E-state index is 13.2. The lowest BCUT2D eigenvalue weighted by Gasteiger charge is -2.20. The summed E-state index contributed by atoms with van der Waals surface area (Å²) >= 11 is 0. The van der Waals surface area contributed by atoms with Crippen molar-refractivity contribution in [3.05, 3.63) is 59.9 Å². The zero-order chi connectivity index (χ0) is 22.8. The molecule has 2 heterocycles. The van der Waals surface area contributed by atoms with Gasteiger partial charge in [-0.3, -0.25) is 19.4 Å². The van der Waals surface area contributed by atoms with Gasteiger partial charge in [0.25, 0.3) is 11.8 Å². The molecule has 1 saturated heterocycles. The van der Waals surface area contributed by atoms with Crippen LogP contribution in [0.4, 0.5) is 15.8 Å². The number of carbonyl (C=O) groups excluding carboxylic acids is 4. The van der Waals surface area contributed by atoms with Crippen LogP contribution in [0.25, 0.3) is 0 Å². The van der Waals surface area contributed by atoms with Gasteiger partial charge in [-0.2, -0.15) is 5.11 Å². The summed E-state index contributed by atoms with van der Waals surface area (Å²) in [5.41, 5.74) is 0.992. The first kappa shape index (κ1) is 21.1. The number of nitrogens with zero attached hydrogens (tertiary/aromatic N) is 4. The number of hydrogen-bond donors (Lipinski definition) is 1. The van der Waals surface area contributed by atoms with Crippen LogP contribution in [0.2, 0.25) is 0 Å². The molecule has 32 heavy (non-hydrogen) atoms. The summed E-state index contributed by atoms with van der Waals surface area (Å²) in [5, 5.41) is 11.4. The lowest BCUT2D eigenvalue weighted by Crippen LogP contribution is -2.43. The number of anilines is 2. The third-order valence-corrected chi connectivity index (χ3v) is 4.93. The predicted molar refractivity (Wildman–Crippen MR) is 109 cm³/mol. The van der Waals surface area contributed by atoms with Crippen molar-refractivity contribution < 1.29 is 28.3 Å². The molecule has 2 aromatic carbocycles. The van der Waals surface area contributed by atoms with Crippen LogP contribution in [0.1, 0.15) is 17.3 Å². The van der Waals surface area contributed by atoms with E-state index in [0.717, 1.165) is 22.0 Å². The Balaban J connectivity index is 1.41. The molecular weight excluding hydrogens is 421 g/mol. The Labute approximate surface area is 181 Å². The quantitative estimate of drug-likeness (QED) is 0.542. The zero-order valence-electron chi connectivity index (χ0n) is 16.9. The maximum atomic E-state index is 13.2. The number of amides is 3. The van der Waals surface area contributed by atoms with E-state index in [1.807, 2.05) is 0 Å². The van der Waals surface area contributed by atoms with Crippen molar-refractivity contribution in [1.82, 2.24) is 5.01 Å². The Morgan fingerprint density at radius 1 is 1.06 bits per heavy atom. The van der Waals surface area contributed by atoms with Gasteiger partial charge in [0.1, 0.15) is 12.4 Å². The molecule has 0 unspecified atom stereocenters. The number of hydrogen-bond acceptors (Lipinski definition) is 8. The summed E-state index contributed by atoms with van der Waals surface area (Å²) in [7, 11) is 0. The third-order valence-electron chi connectivity index (χ3n) is 4.93. The van der Waals surface area contributed by atoms with Crippen molar-refractivity contribution in [2.24, 2.45) is 10.3 Å². The monoisotopic (exact) mass is 439 g/mol. The standard InChI is InChI=1S/C21H18FN5O5/c1-2-32-21(31)12-3-7-14(8-4-12)23-16(28)11-26-18-17(24-25-26)19(29)27(20(18)30)15-9-5-13(22)6-10-15/h3-10,17-18H,2,11H2,1H3,(H,23,28)/t17-,18+/m1/s1. The van der Waals surface area contributed by atoms with E-state index >= 15 is 0 Å². The third kappa shape index (κ3) is 3.92. The molecule has 0 spiro atoms. The molecular formula is C21H18FN5O5. The number of ether oxygens (including phenoxy) is 1. The van der Waals surface area contributed by atoms with E-state index in [4.69, 9.17) is 4.74 Å². The average Bonchev–Trinajstić information content (AvgIpc) is 3.29. The van der Waals surface area contributed by atoms with Crippen molar-refractivity contribution >= 4 is 35.1 Å². The molecule has 0 aliphatic carbocycles. The largest absolute Gasteiger partial charge is 0.462 e. The van der Waals surface area contributed by atoms with Crippen LogP contribution in [-0.4, -0.2) is 53.9 Å². The Hall–Kier alpha value is -4.15. The van der Waals surface area contributed by atoms with Gasteiger partial charge in [0.15, 0.2) is 12.1 Å². The lowest BCUT2D eigenvalue weighted by atomic mass is 10.1. The van der Waals surface area contributed by atoms with Crippen molar-refractivity contribution in [3.63, 3.8) is 0 Å². The molecule has 10 nitrogen and oxygen atoms in total. The second kappa shape index (κ2) is 8.53. The summed E-state index contributed by atoms with van der Waals surface area (Å²) in [5.74, 6) is -2.64. The predicted octanol–water partition coefficient (Wildman–Crippen LogP) is 1.93. The Bertz CT molecular complexity index is 1100. The summed E-state index contributed by atoms with van der Waals surface area (Å²) in [6.07, 6.45) is 0. The van der Waals surface area contributed by atoms with E-state index in [-0.39, 0.29) is 18.8 Å². The van der Waals surface area contributed by atoms with Crippen molar-refractivity contribution in [2.45, 2.75) is 19.0 Å². The van der Waals surface area contributed by atoms with Gasteiger partial charge in [0.05, 0.1) is 17.9 Å². The molecule has 2 atom stereocenters. The highest BCUT2D eigenvalue weighted by Crippen LogP contribution is 2.31. The highest BCUT2D eigenvalue weighted by molar-refractivity contribution is 6.25. The Morgan fingerprint density at radius 3 is 2.41 bits per heavy atom. The number of carbonyl (C=O) groups is 4. The Kier molecular flexibility index (Phi) is 5.63. The molecule has 0 radical (unpaired) electrons. The Morgan fingerprint density at radius 2 is 1.75 bits per heavy atom. The van der Waals surface area contributed by atoms with E-state index in [9.17, 15) is 23.6 Å². The number of benzene rings is 2. The number of rotatable bonds is 6. The van der Waals surface area contributed by atoms with E-state index in [2.05, 4.69) is 15.7 Å². The molecule has 1 N–H and O–H groups in total. The SMILES string of the molecule is CCOC(=O)c1ccc(NC(=O)CN2N=N[C@H]3C(=O)N(c4ccc(F)cc4)C(=O)[C@H]32)cc1.